The maximum absolute atomic E-state index is 12.9. The van der Waals surface area contributed by atoms with E-state index in [1.165, 1.54) is 36.4 Å². The third-order valence-electron chi connectivity index (χ3n) is 1.97. The van der Waals surface area contributed by atoms with Crippen molar-refractivity contribution < 1.29 is 17.5 Å². The number of ether oxygens (including phenoxy) is 1. The van der Waals surface area contributed by atoms with Crippen LogP contribution in [0.4, 0.5) is 4.39 Å². The summed E-state index contributed by atoms with van der Waals surface area (Å²) in [7, 11) is 1.23. The van der Waals surface area contributed by atoms with E-state index < -0.39 is 14.9 Å². The lowest BCUT2D eigenvalue weighted by molar-refractivity contribution is 0.453. The highest BCUT2D eigenvalue weighted by Crippen LogP contribution is 2.22. The van der Waals surface area contributed by atoms with Gasteiger partial charge in [-0.3, -0.25) is 0 Å². The first-order valence-corrected chi connectivity index (χ1v) is 7.11. The SMILES string of the molecule is O=S(=O)(Cl)c1cccc(Oc2cccc(F)c2)n1. The zero-order valence-electron chi connectivity index (χ0n) is 8.88. The molecule has 0 fully saturated rings. The number of nitrogens with zero attached hydrogens (tertiary/aromatic N) is 1. The second kappa shape index (κ2) is 4.91. The van der Waals surface area contributed by atoms with Crippen LogP contribution in [0.25, 0.3) is 0 Å². The number of pyridine rings is 1. The van der Waals surface area contributed by atoms with Gasteiger partial charge in [-0.25, -0.2) is 17.8 Å². The van der Waals surface area contributed by atoms with Crippen molar-refractivity contribution in [3.05, 3.63) is 48.3 Å². The van der Waals surface area contributed by atoms with E-state index in [4.69, 9.17) is 15.4 Å². The summed E-state index contributed by atoms with van der Waals surface area (Å²) in [4.78, 5) is 3.70. The molecule has 0 amide bonds. The van der Waals surface area contributed by atoms with Crippen LogP contribution >= 0.6 is 10.7 Å². The first kappa shape index (κ1) is 12.8. The van der Waals surface area contributed by atoms with Crippen LogP contribution in [0.2, 0.25) is 0 Å². The molecule has 0 spiro atoms. The number of benzene rings is 1. The zero-order chi connectivity index (χ0) is 13.2. The Labute approximate surface area is 107 Å². The van der Waals surface area contributed by atoms with Crippen LogP contribution in [0.1, 0.15) is 0 Å². The monoisotopic (exact) mass is 287 g/mol. The number of hydrogen-bond donors (Lipinski definition) is 0. The fourth-order valence-electron chi connectivity index (χ4n) is 1.24. The lowest BCUT2D eigenvalue weighted by Crippen LogP contribution is -1.96. The fourth-order valence-corrected chi connectivity index (χ4v) is 1.94. The van der Waals surface area contributed by atoms with Crippen molar-refractivity contribution in [1.82, 2.24) is 4.98 Å². The van der Waals surface area contributed by atoms with Gasteiger partial charge < -0.3 is 4.74 Å². The average Bonchev–Trinajstić information content (AvgIpc) is 2.28. The topological polar surface area (TPSA) is 56.3 Å². The Morgan fingerprint density at radius 1 is 1.17 bits per heavy atom. The maximum Gasteiger partial charge on any atom is 0.278 e. The molecule has 1 aromatic carbocycles. The fraction of sp³-hybridized carbons (Fsp3) is 0. The molecule has 0 bridgehead atoms. The van der Waals surface area contributed by atoms with Gasteiger partial charge in [-0.2, -0.15) is 0 Å². The summed E-state index contributed by atoms with van der Waals surface area (Å²) < 4.78 is 40.3. The van der Waals surface area contributed by atoms with Gasteiger partial charge in [0.05, 0.1) is 0 Å². The van der Waals surface area contributed by atoms with Gasteiger partial charge in [0, 0.05) is 22.8 Å². The van der Waals surface area contributed by atoms with Crippen LogP contribution in [0, 0.1) is 5.82 Å². The summed E-state index contributed by atoms with van der Waals surface area (Å²) in [6, 6.07) is 9.51. The Morgan fingerprint density at radius 3 is 2.56 bits per heavy atom. The average molecular weight is 288 g/mol. The molecule has 0 aliphatic rings. The van der Waals surface area contributed by atoms with Gasteiger partial charge in [0.15, 0.2) is 5.03 Å². The van der Waals surface area contributed by atoms with Gasteiger partial charge in [-0.1, -0.05) is 12.1 Å². The van der Waals surface area contributed by atoms with Gasteiger partial charge in [0.2, 0.25) is 5.88 Å². The van der Waals surface area contributed by atoms with E-state index in [2.05, 4.69) is 4.98 Å². The first-order chi connectivity index (χ1) is 8.45. The normalized spacial score (nSPS) is 11.2. The second-order valence-corrected chi connectivity index (χ2v) is 5.82. The summed E-state index contributed by atoms with van der Waals surface area (Å²) in [6.45, 7) is 0. The predicted octanol–water partition coefficient (Wildman–Crippen LogP) is 2.94. The van der Waals surface area contributed by atoms with Crippen LogP contribution in [-0.2, 0) is 9.05 Å². The van der Waals surface area contributed by atoms with Crippen LogP contribution in [-0.4, -0.2) is 13.4 Å². The lowest BCUT2D eigenvalue weighted by atomic mass is 10.3. The molecule has 94 valence electrons. The van der Waals surface area contributed by atoms with E-state index in [0.29, 0.717) is 0 Å². The maximum atomic E-state index is 12.9. The largest absolute Gasteiger partial charge is 0.439 e. The molecule has 18 heavy (non-hydrogen) atoms. The van der Waals surface area contributed by atoms with Crippen LogP contribution in [0.3, 0.4) is 0 Å². The molecule has 0 radical (unpaired) electrons. The molecule has 0 N–H and O–H groups in total. The van der Waals surface area contributed by atoms with E-state index in [-0.39, 0.29) is 16.7 Å². The minimum absolute atomic E-state index is 0.0160. The summed E-state index contributed by atoms with van der Waals surface area (Å²) in [5.41, 5.74) is 0. The zero-order valence-corrected chi connectivity index (χ0v) is 10.5. The number of halogens is 2. The van der Waals surface area contributed by atoms with Crippen molar-refractivity contribution >= 4 is 19.7 Å². The number of hydrogen-bond acceptors (Lipinski definition) is 4. The first-order valence-electron chi connectivity index (χ1n) is 4.80. The van der Waals surface area contributed by atoms with Crippen molar-refractivity contribution in [2.24, 2.45) is 0 Å². The van der Waals surface area contributed by atoms with Gasteiger partial charge in [0.25, 0.3) is 9.05 Å². The highest BCUT2D eigenvalue weighted by atomic mass is 35.7. The third kappa shape index (κ3) is 3.18. The summed E-state index contributed by atoms with van der Waals surface area (Å²) in [6.07, 6.45) is 0. The van der Waals surface area contributed by atoms with Crippen LogP contribution in [0.15, 0.2) is 47.5 Å². The van der Waals surface area contributed by atoms with Gasteiger partial charge in [-0.05, 0) is 18.2 Å². The van der Waals surface area contributed by atoms with E-state index in [1.54, 1.807) is 0 Å². The highest BCUT2D eigenvalue weighted by Gasteiger charge is 2.12. The minimum Gasteiger partial charge on any atom is -0.439 e. The van der Waals surface area contributed by atoms with Crippen molar-refractivity contribution in [2.75, 3.05) is 0 Å². The van der Waals surface area contributed by atoms with Crippen molar-refractivity contribution in [2.45, 2.75) is 5.03 Å². The highest BCUT2D eigenvalue weighted by molar-refractivity contribution is 8.13. The van der Waals surface area contributed by atoms with Crippen LogP contribution in [0.5, 0.6) is 11.6 Å². The Hall–Kier alpha value is -1.66. The predicted molar refractivity (Wildman–Crippen MR) is 63.7 cm³/mol. The Bertz CT molecular complexity index is 675. The molecule has 0 saturated heterocycles. The lowest BCUT2D eigenvalue weighted by Gasteiger charge is -2.05. The van der Waals surface area contributed by atoms with E-state index >= 15 is 0 Å². The molecule has 0 unspecified atom stereocenters. The molecule has 4 nitrogen and oxygen atoms in total. The standard InChI is InChI=1S/C11H7ClFNO3S/c12-18(15,16)11-6-2-5-10(14-11)17-9-4-1-3-8(13)7-9/h1-7H. The Balaban J connectivity index is 2.30. The van der Waals surface area contributed by atoms with Crippen LogP contribution < -0.4 is 4.74 Å². The number of rotatable bonds is 3. The molecule has 0 saturated carbocycles. The van der Waals surface area contributed by atoms with Gasteiger partial charge >= 0.3 is 0 Å². The quantitative estimate of drug-likeness (QED) is 0.815. The molecule has 2 aromatic rings. The molecule has 0 aliphatic heterocycles. The smallest absolute Gasteiger partial charge is 0.278 e. The molecular weight excluding hydrogens is 281 g/mol. The molecular formula is C11H7ClFNO3S. The molecule has 0 aliphatic carbocycles. The minimum atomic E-state index is -3.92. The van der Waals surface area contributed by atoms with Crippen molar-refractivity contribution in [3.63, 3.8) is 0 Å². The van der Waals surface area contributed by atoms with Gasteiger partial charge in [-0.15, -0.1) is 0 Å². The van der Waals surface area contributed by atoms with Crippen molar-refractivity contribution in [3.8, 4) is 11.6 Å². The van der Waals surface area contributed by atoms with E-state index in [1.807, 2.05) is 0 Å². The summed E-state index contributed by atoms with van der Waals surface area (Å²) in [5, 5.41) is -0.321. The summed E-state index contributed by atoms with van der Waals surface area (Å²) in [5.74, 6) is -0.234. The molecule has 2 rings (SSSR count). The number of aromatic nitrogens is 1. The van der Waals surface area contributed by atoms with E-state index in [9.17, 15) is 12.8 Å². The molecule has 1 aromatic heterocycles. The Kier molecular flexibility index (Phi) is 3.49. The molecule has 7 heteroatoms. The summed E-state index contributed by atoms with van der Waals surface area (Å²) >= 11 is 0. The molecule has 0 atom stereocenters. The van der Waals surface area contributed by atoms with E-state index in [0.717, 1.165) is 6.07 Å². The second-order valence-electron chi connectivity index (χ2n) is 3.31. The van der Waals surface area contributed by atoms with Crippen molar-refractivity contribution in [1.29, 1.82) is 0 Å². The third-order valence-corrected chi connectivity index (χ3v) is 3.17. The van der Waals surface area contributed by atoms with Gasteiger partial charge in [0.1, 0.15) is 11.6 Å². The Morgan fingerprint density at radius 2 is 1.89 bits per heavy atom. The molecule has 1 heterocycles.